The molecule has 254 valence electrons. The van der Waals surface area contributed by atoms with E-state index in [0.29, 0.717) is 30.0 Å². The summed E-state index contributed by atoms with van der Waals surface area (Å²) < 4.78 is 12.9. The maximum absolute atomic E-state index is 14.3. The molecule has 12 nitrogen and oxygen atoms in total. The van der Waals surface area contributed by atoms with E-state index in [1.54, 1.807) is 27.0 Å². The molecular weight excluding hydrogens is 634 g/mol. The quantitative estimate of drug-likeness (QED) is 0.314. The molecule has 1 saturated heterocycles. The van der Waals surface area contributed by atoms with E-state index in [0.717, 1.165) is 29.5 Å². The number of amides is 3. The van der Waals surface area contributed by atoms with Crippen LogP contribution in [0.2, 0.25) is 0 Å². The Morgan fingerprint density at radius 3 is 2.73 bits per heavy atom. The second kappa shape index (κ2) is 13.5. The molecule has 6 rings (SSSR count). The minimum atomic E-state index is -1.43. The Bertz CT molecular complexity index is 1720. The molecule has 3 amide bonds. The van der Waals surface area contributed by atoms with Gasteiger partial charge in [0.25, 0.3) is 0 Å². The Balaban J connectivity index is 1.31. The van der Waals surface area contributed by atoms with Crippen molar-refractivity contribution in [2.24, 2.45) is 5.92 Å². The van der Waals surface area contributed by atoms with E-state index in [1.807, 2.05) is 47.9 Å². The zero-order valence-corrected chi connectivity index (χ0v) is 28.1. The molecule has 1 aliphatic carbocycles. The van der Waals surface area contributed by atoms with Crippen molar-refractivity contribution in [1.82, 2.24) is 25.5 Å². The molecule has 48 heavy (non-hydrogen) atoms. The largest absolute Gasteiger partial charge is 0.487 e. The van der Waals surface area contributed by atoms with Gasteiger partial charge in [-0.15, -0.1) is 11.3 Å². The van der Waals surface area contributed by atoms with Crippen molar-refractivity contribution in [1.29, 1.82) is 0 Å². The fourth-order valence-corrected chi connectivity index (χ4v) is 7.23. The van der Waals surface area contributed by atoms with E-state index in [-0.39, 0.29) is 25.3 Å². The zero-order valence-electron chi connectivity index (χ0n) is 27.3. The van der Waals surface area contributed by atoms with Crippen molar-refractivity contribution >= 4 is 45.4 Å². The van der Waals surface area contributed by atoms with Gasteiger partial charge in [-0.25, -0.2) is 14.6 Å². The first-order chi connectivity index (χ1) is 22.9. The van der Waals surface area contributed by atoms with Crippen LogP contribution in [0, 0.1) is 5.92 Å². The lowest BCUT2D eigenvalue weighted by Crippen LogP contribution is -2.56. The molecule has 0 radical (unpaired) electrons. The van der Waals surface area contributed by atoms with Gasteiger partial charge in [0.2, 0.25) is 11.8 Å². The van der Waals surface area contributed by atoms with E-state index in [1.165, 1.54) is 16.2 Å². The molecular formula is C35H41N5O7S. The van der Waals surface area contributed by atoms with Crippen molar-refractivity contribution < 1.29 is 33.8 Å². The molecule has 2 fully saturated rings. The lowest BCUT2D eigenvalue weighted by molar-refractivity contribution is -0.145. The van der Waals surface area contributed by atoms with Crippen LogP contribution < -0.4 is 15.4 Å². The van der Waals surface area contributed by atoms with E-state index in [9.17, 15) is 24.3 Å². The summed E-state index contributed by atoms with van der Waals surface area (Å²) in [6.45, 7) is 5.29. The number of carbonyl (C=O) groups is 4. The SMILES string of the molecule is CC(C)(C)OC(=O)N[C@H]1CCCCC/C=C\[C@@H]2C[C@@]2(C(=O)O)NC(=O)[C@@H]2C[C@@H](Oc3cc(-c4ccccn4)nc4ccsc34)CN2C1=O. The van der Waals surface area contributed by atoms with Crippen molar-refractivity contribution in [2.45, 2.75) is 95.0 Å². The number of rotatable bonds is 5. The predicted molar refractivity (Wildman–Crippen MR) is 179 cm³/mol. The van der Waals surface area contributed by atoms with Crippen LogP contribution in [0.15, 0.2) is 54.1 Å². The molecule has 0 unspecified atom stereocenters. The van der Waals surface area contributed by atoms with Gasteiger partial charge < -0.3 is 30.1 Å². The summed E-state index contributed by atoms with van der Waals surface area (Å²) in [4.78, 5) is 64.2. The Hall–Kier alpha value is -4.52. The van der Waals surface area contributed by atoms with Gasteiger partial charge in [-0.1, -0.05) is 31.1 Å². The molecule has 3 aromatic rings. The van der Waals surface area contributed by atoms with Crippen molar-refractivity contribution in [3.63, 3.8) is 0 Å². The number of nitrogens with one attached hydrogen (secondary N) is 2. The molecule has 5 heterocycles. The number of pyridine rings is 2. The van der Waals surface area contributed by atoms with E-state index < -0.39 is 53.2 Å². The number of aliphatic carboxylic acids is 1. The number of fused-ring (bicyclic) bond motifs is 3. The van der Waals surface area contributed by atoms with Gasteiger partial charge in [-0.2, -0.15) is 0 Å². The Morgan fingerprint density at radius 2 is 1.98 bits per heavy atom. The molecule has 5 atom stereocenters. The topological polar surface area (TPSA) is 160 Å². The first-order valence-electron chi connectivity index (χ1n) is 16.4. The third-order valence-corrected chi connectivity index (χ3v) is 9.83. The highest BCUT2D eigenvalue weighted by atomic mass is 32.1. The minimum Gasteiger partial charge on any atom is -0.487 e. The molecule has 3 aliphatic rings. The van der Waals surface area contributed by atoms with Crippen LogP contribution in [-0.4, -0.2) is 79.7 Å². The number of allylic oxidation sites excluding steroid dienone is 1. The second-order valence-corrected chi connectivity index (χ2v) is 14.6. The van der Waals surface area contributed by atoms with Gasteiger partial charge in [0.05, 0.1) is 28.1 Å². The zero-order chi connectivity index (χ0) is 34.1. The fraction of sp³-hybridized carbons (Fsp3) is 0.486. The van der Waals surface area contributed by atoms with Crippen molar-refractivity contribution in [2.75, 3.05) is 6.54 Å². The number of thiophene rings is 1. The first-order valence-corrected chi connectivity index (χ1v) is 17.3. The van der Waals surface area contributed by atoms with E-state index >= 15 is 0 Å². The van der Waals surface area contributed by atoms with Gasteiger partial charge >= 0.3 is 12.1 Å². The standard InChI is InChI=1S/C35H41N5O7S/c1-34(2,3)47-33(45)38-25-13-8-6-4-5-7-11-21-19-35(21,32(43)44)39-30(41)27-17-22(20-40(27)31(25)42)46-28-18-26(23-12-9-10-15-36-23)37-24-14-16-48-29(24)28/h7,9-12,14-16,18,21-22,25,27H,4-6,8,13,17,19-20H2,1-3H3,(H,38,45)(H,39,41)(H,43,44)/b11-7-/t21-,22-,25+,27+,35-/m1/s1. The van der Waals surface area contributed by atoms with Gasteiger partial charge in [0.1, 0.15) is 35.1 Å². The highest BCUT2D eigenvalue weighted by Crippen LogP contribution is 2.45. The number of carbonyl (C=O) groups excluding carboxylic acids is 3. The van der Waals surface area contributed by atoms with Crippen LogP contribution >= 0.6 is 11.3 Å². The molecule has 0 spiro atoms. The summed E-state index contributed by atoms with van der Waals surface area (Å²) in [5.41, 5.74) is -0.172. The normalized spacial score (nSPS) is 27.1. The lowest BCUT2D eigenvalue weighted by Gasteiger charge is -2.30. The number of aromatic nitrogens is 2. The molecule has 3 N–H and O–H groups in total. The maximum Gasteiger partial charge on any atom is 0.408 e. The summed E-state index contributed by atoms with van der Waals surface area (Å²) in [5.74, 6) is -1.90. The third kappa shape index (κ3) is 7.30. The van der Waals surface area contributed by atoms with Crippen LogP contribution in [-0.2, 0) is 19.1 Å². The van der Waals surface area contributed by atoms with Gasteiger partial charge in [-0.3, -0.25) is 14.6 Å². The van der Waals surface area contributed by atoms with Crippen LogP contribution in [0.25, 0.3) is 21.6 Å². The highest BCUT2D eigenvalue weighted by Gasteiger charge is 2.61. The average Bonchev–Trinajstić information content (AvgIpc) is 3.33. The fourth-order valence-electron chi connectivity index (χ4n) is 6.44. The van der Waals surface area contributed by atoms with Crippen LogP contribution in [0.4, 0.5) is 4.79 Å². The van der Waals surface area contributed by atoms with E-state index in [2.05, 4.69) is 15.6 Å². The van der Waals surface area contributed by atoms with E-state index in [4.69, 9.17) is 14.5 Å². The lowest BCUT2D eigenvalue weighted by atomic mass is 10.0. The number of hydrogen-bond donors (Lipinski definition) is 3. The predicted octanol–water partition coefficient (Wildman–Crippen LogP) is 5.08. The summed E-state index contributed by atoms with van der Waals surface area (Å²) in [5, 5.41) is 17.6. The summed E-state index contributed by atoms with van der Waals surface area (Å²) >= 11 is 1.47. The van der Waals surface area contributed by atoms with Gasteiger partial charge in [0, 0.05) is 24.6 Å². The average molecular weight is 676 g/mol. The number of alkyl carbamates (subject to hydrolysis) is 1. The summed E-state index contributed by atoms with van der Waals surface area (Å²) in [7, 11) is 0. The first kappa shape index (κ1) is 33.4. The van der Waals surface area contributed by atoms with Gasteiger partial charge in [0.15, 0.2) is 0 Å². The molecule has 1 saturated carbocycles. The van der Waals surface area contributed by atoms with Crippen molar-refractivity contribution in [3.05, 3.63) is 54.1 Å². The van der Waals surface area contributed by atoms with Crippen LogP contribution in [0.5, 0.6) is 5.75 Å². The summed E-state index contributed by atoms with van der Waals surface area (Å²) in [6, 6.07) is 7.30. The molecule has 0 bridgehead atoms. The number of carboxylic acid groups (broad SMARTS) is 1. The number of hydrogen-bond acceptors (Lipinski definition) is 9. The molecule has 13 heteroatoms. The monoisotopic (exact) mass is 675 g/mol. The third-order valence-electron chi connectivity index (χ3n) is 8.91. The molecule has 3 aromatic heterocycles. The number of carboxylic acids is 1. The van der Waals surface area contributed by atoms with Crippen molar-refractivity contribution in [3.8, 4) is 17.1 Å². The number of ether oxygens (including phenoxy) is 2. The van der Waals surface area contributed by atoms with Crippen LogP contribution in [0.3, 0.4) is 0 Å². The Labute approximate surface area is 282 Å². The Kier molecular flexibility index (Phi) is 9.41. The molecule has 0 aromatic carbocycles. The van der Waals surface area contributed by atoms with Gasteiger partial charge in [-0.05, 0) is 70.0 Å². The second-order valence-electron chi connectivity index (χ2n) is 13.7. The van der Waals surface area contributed by atoms with Crippen LogP contribution in [0.1, 0.15) is 65.7 Å². The molecule has 2 aliphatic heterocycles. The highest BCUT2D eigenvalue weighted by molar-refractivity contribution is 7.17. The Morgan fingerprint density at radius 1 is 1.15 bits per heavy atom. The smallest absolute Gasteiger partial charge is 0.408 e. The summed E-state index contributed by atoms with van der Waals surface area (Å²) in [6.07, 6.45) is 8.02. The minimum absolute atomic E-state index is 0.0565. The maximum atomic E-state index is 14.3. The number of nitrogens with zero attached hydrogens (tertiary/aromatic N) is 3.